The minimum Gasteiger partial charge on any atom is -0.327 e. The first-order valence-corrected chi connectivity index (χ1v) is 12.7. The molecule has 6 nitrogen and oxygen atoms in total. The van der Waals surface area contributed by atoms with Crippen LogP contribution in [0.25, 0.3) is 16.8 Å². The Kier molecular flexibility index (Phi) is 7.87. The van der Waals surface area contributed by atoms with E-state index >= 15 is 0 Å². The highest BCUT2D eigenvalue weighted by molar-refractivity contribution is 6.01. The summed E-state index contributed by atoms with van der Waals surface area (Å²) in [6, 6.07) is 25.3. The lowest BCUT2D eigenvalue weighted by Gasteiger charge is -2.26. The van der Waals surface area contributed by atoms with Gasteiger partial charge in [-0.05, 0) is 69.0 Å². The van der Waals surface area contributed by atoms with Crippen LogP contribution in [0, 0.1) is 13.8 Å². The smallest absolute Gasteiger partial charge is 0.254 e. The zero-order valence-corrected chi connectivity index (χ0v) is 22.2. The monoisotopic (exact) mass is 494 g/mol. The van der Waals surface area contributed by atoms with Gasteiger partial charge in [0.15, 0.2) is 0 Å². The number of anilines is 1. The van der Waals surface area contributed by atoms with E-state index in [0.29, 0.717) is 11.4 Å². The van der Waals surface area contributed by atoms with Crippen LogP contribution in [0.2, 0.25) is 0 Å². The Bertz CT molecular complexity index is 1390. The average Bonchev–Trinajstić information content (AvgIpc) is 3.22. The van der Waals surface area contributed by atoms with E-state index in [1.807, 2.05) is 107 Å². The molecule has 0 aliphatic rings. The standard InChI is InChI=1S/C31H34N4O2/c1-6-24-16-18-26(19-17-24)31(37)34(21(2)3)20-28(36)32-30-29(25-13-8-7-9-14-25)23(5)33-35(30)27-15-11-10-12-22(27)4/h7-19,21H,6,20H2,1-5H3,(H,32,36). The molecule has 0 aliphatic heterocycles. The van der Waals surface area contributed by atoms with Gasteiger partial charge in [-0.15, -0.1) is 0 Å². The Morgan fingerprint density at radius 2 is 1.57 bits per heavy atom. The minimum atomic E-state index is -0.279. The van der Waals surface area contributed by atoms with Gasteiger partial charge >= 0.3 is 0 Å². The van der Waals surface area contributed by atoms with Crippen molar-refractivity contribution in [2.24, 2.45) is 0 Å². The Morgan fingerprint density at radius 3 is 2.19 bits per heavy atom. The number of rotatable bonds is 8. The van der Waals surface area contributed by atoms with Crippen molar-refractivity contribution in [1.29, 1.82) is 0 Å². The molecular formula is C31H34N4O2. The first-order valence-electron chi connectivity index (χ1n) is 12.7. The Balaban J connectivity index is 1.68. The Labute approximate surface area is 218 Å². The molecule has 0 fully saturated rings. The molecule has 2 amide bonds. The molecular weight excluding hydrogens is 460 g/mol. The number of para-hydroxylation sites is 1. The number of amides is 2. The number of hydrogen-bond donors (Lipinski definition) is 1. The van der Waals surface area contributed by atoms with Crippen LogP contribution in [0.4, 0.5) is 5.82 Å². The Hall–Kier alpha value is -4.19. The summed E-state index contributed by atoms with van der Waals surface area (Å²) >= 11 is 0. The van der Waals surface area contributed by atoms with Crippen molar-refractivity contribution < 1.29 is 9.59 Å². The predicted octanol–water partition coefficient (Wildman–Crippen LogP) is 6.21. The maximum Gasteiger partial charge on any atom is 0.254 e. The van der Waals surface area contributed by atoms with Crippen molar-refractivity contribution in [3.8, 4) is 16.8 Å². The summed E-state index contributed by atoms with van der Waals surface area (Å²) in [5, 5.41) is 7.91. The Morgan fingerprint density at radius 1 is 0.919 bits per heavy atom. The lowest BCUT2D eigenvalue weighted by Crippen LogP contribution is -2.42. The van der Waals surface area contributed by atoms with Crippen LogP contribution in [0.5, 0.6) is 0 Å². The van der Waals surface area contributed by atoms with E-state index in [4.69, 9.17) is 5.10 Å². The highest BCUT2D eigenvalue weighted by atomic mass is 16.2. The predicted molar refractivity (Wildman–Crippen MR) is 149 cm³/mol. The number of aromatic nitrogens is 2. The fraction of sp³-hybridized carbons (Fsp3) is 0.258. The van der Waals surface area contributed by atoms with Gasteiger partial charge in [0.2, 0.25) is 5.91 Å². The summed E-state index contributed by atoms with van der Waals surface area (Å²) in [6.45, 7) is 9.80. The molecule has 4 rings (SSSR count). The second kappa shape index (κ2) is 11.2. The van der Waals surface area contributed by atoms with Gasteiger partial charge in [0.1, 0.15) is 12.4 Å². The first-order chi connectivity index (χ1) is 17.8. The van der Waals surface area contributed by atoms with Crippen molar-refractivity contribution in [3.05, 3.63) is 101 Å². The third-order valence-corrected chi connectivity index (χ3v) is 6.53. The van der Waals surface area contributed by atoms with Crippen LogP contribution < -0.4 is 5.32 Å². The molecule has 1 N–H and O–H groups in total. The zero-order chi connectivity index (χ0) is 26.5. The maximum absolute atomic E-state index is 13.5. The van der Waals surface area contributed by atoms with E-state index in [2.05, 4.69) is 12.2 Å². The highest BCUT2D eigenvalue weighted by Crippen LogP contribution is 2.34. The largest absolute Gasteiger partial charge is 0.327 e. The molecule has 0 bridgehead atoms. The van der Waals surface area contributed by atoms with E-state index in [1.54, 1.807) is 9.58 Å². The molecule has 0 saturated carbocycles. The normalized spacial score (nSPS) is 11.0. The minimum absolute atomic E-state index is 0.0712. The van der Waals surface area contributed by atoms with Crippen molar-refractivity contribution in [2.75, 3.05) is 11.9 Å². The van der Waals surface area contributed by atoms with Crippen LogP contribution in [0.15, 0.2) is 78.9 Å². The van der Waals surface area contributed by atoms with Crippen molar-refractivity contribution in [1.82, 2.24) is 14.7 Å². The number of hydrogen-bond acceptors (Lipinski definition) is 3. The van der Waals surface area contributed by atoms with Crippen LogP contribution in [-0.4, -0.2) is 39.1 Å². The van der Waals surface area contributed by atoms with E-state index in [0.717, 1.165) is 34.5 Å². The van der Waals surface area contributed by atoms with E-state index in [-0.39, 0.29) is 24.4 Å². The molecule has 0 saturated heterocycles. The van der Waals surface area contributed by atoms with Gasteiger partial charge in [-0.25, -0.2) is 4.68 Å². The zero-order valence-electron chi connectivity index (χ0n) is 22.2. The molecule has 190 valence electrons. The fourth-order valence-corrected chi connectivity index (χ4v) is 4.43. The van der Waals surface area contributed by atoms with E-state index in [1.165, 1.54) is 5.56 Å². The third kappa shape index (κ3) is 5.64. The lowest BCUT2D eigenvalue weighted by molar-refractivity contribution is -0.117. The molecule has 0 spiro atoms. The number of carbonyl (C=O) groups excluding carboxylic acids is 2. The summed E-state index contributed by atoms with van der Waals surface area (Å²) in [5.41, 5.74) is 6.28. The highest BCUT2D eigenvalue weighted by Gasteiger charge is 2.25. The van der Waals surface area contributed by atoms with E-state index < -0.39 is 0 Å². The first kappa shape index (κ1) is 25.9. The lowest BCUT2D eigenvalue weighted by atomic mass is 10.1. The van der Waals surface area contributed by atoms with Gasteiger partial charge in [0, 0.05) is 17.2 Å². The second-order valence-corrected chi connectivity index (χ2v) is 9.50. The molecule has 0 aliphatic carbocycles. The van der Waals surface area contributed by atoms with Crippen LogP contribution in [0.3, 0.4) is 0 Å². The molecule has 6 heteroatoms. The number of nitrogens with zero attached hydrogens (tertiary/aromatic N) is 3. The molecule has 0 radical (unpaired) electrons. The van der Waals surface area contributed by atoms with Crippen LogP contribution in [0.1, 0.15) is 48.0 Å². The van der Waals surface area contributed by atoms with Gasteiger partial charge in [0.05, 0.1) is 11.4 Å². The van der Waals surface area contributed by atoms with Gasteiger partial charge in [-0.2, -0.15) is 5.10 Å². The SMILES string of the molecule is CCc1ccc(C(=O)N(CC(=O)Nc2c(-c3ccccc3)c(C)nn2-c2ccccc2C)C(C)C)cc1. The van der Waals surface area contributed by atoms with Crippen LogP contribution >= 0.6 is 0 Å². The molecule has 0 atom stereocenters. The van der Waals surface area contributed by atoms with Gasteiger partial charge in [-0.1, -0.05) is 67.6 Å². The molecule has 37 heavy (non-hydrogen) atoms. The summed E-state index contributed by atoms with van der Waals surface area (Å²) in [4.78, 5) is 28.4. The number of carbonyl (C=O) groups is 2. The molecule has 3 aromatic carbocycles. The summed E-state index contributed by atoms with van der Waals surface area (Å²) < 4.78 is 1.79. The van der Waals surface area contributed by atoms with Gasteiger partial charge in [0.25, 0.3) is 5.91 Å². The quantitative estimate of drug-likeness (QED) is 0.317. The van der Waals surface area contributed by atoms with Crippen molar-refractivity contribution in [2.45, 2.75) is 47.1 Å². The van der Waals surface area contributed by atoms with E-state index in [9.17, 15) is 9.59 Å². The molecule has 1 heterocycles. The van der Waals surface area contributed by atoms with Crippen molar-refractivity contribution >= 4 is 17.6 Å². The summed E-state index contributed by atoms with van der Waals surface area (Å²) in [7, 11) is 0. The maximum atomic E-state index is 13.5. The van der Waals surface area contributed by atoms with Crippen LogP contribution in [-0.2, 0) is 11.2 Å². The third-order valence-electron chi connectivity index (χ3n) is 6.53. The van der Waals surface area contributed by atoms with Gasteiger partial charge < -0.3 is 10.2 Å². The van der Waals surface area contributed by atoms with Gasteiger partial charge in [-0.3, -0.25) is 9.59 Å². The number of benzene rings is 3. The summed E-state index contributed by atoms with van der Waals surface area (Å²) in [5.74, 6) is 0.144. The average molecular weight is 495 g/mol. The molecule has 0 unspecified atom stereocenters. The number of nitrogens with one attached hydrogen (secondary N) is 1. The topological polar surface area (TPSA) is 67.2 Å². The second-order valence-electron chi connectivity index (χ2n) is 9.50. The number of aryl methyl sites for hydroxylation is 3. The molecule has 1 aromatic heterocycles. The fourth-order valence-electron chi connectivity index (χ4n) is 4.43. The van der Waals surface area contributed by atoms with Crippen molar-refractivity contribution in [3.63, 3.8) is 0 Å². The molecule has 4 aromatic rings. The summed E-state index contributed by atoms with van der Waals surface area (Å²) in [6.07, 6.45) is 0.905.